The van der Waals surface area contributed by atoms with E-state index in [9.17, 15) is 9.59 Å². The largest absolute Gasteiger partial charge is 0.321 e. The lowest BCUT2D eigenvalue weighted by Crippen LogP contribution is -2.27. The average Bonchev–Trinajstić information content (AvgIpc) is 3.12. The van der Waals surface area contributed by atoms with Crippen LogP contribution >= 0.6 is 34.5 Å². The second-order valence-corrected chi connectivity index (χ2v) is 11.4. The molecule has 4 nitrogen and oxygen atoms in total. The second kappa shape index (κ2) is 9.49. The maximum atomic E-state index is 13.4. The highest BCUT2D eigenvalue weighted by Crippen LogP contribution is 2.44. The minimum absolute atomic E-state index is 0.175. The van der Waals surface area contributed by atoms with Crippen molar-refractivity contribution in [1.29, 1.82) is 0 Å². The van der Waals surface area contributed by atoms with E-state index in [2.05, 4.69) is 31.4 Å². The summed E-state index contributed by atoms with van der Waals surface area (Å²) in [6, 6.07) is 13.8. The molecule has 0 bridgehead atoms. The summed E-state index contributed by atoms with van der Waals surface area (Å²) in [5.74, 6) is -0.0198. The first-order valence-electron chi connectivity index (χ1n) is 10.9. The lowest BCUT2D eigenvalue weighted by molar-refractivity contribution is 0.102. The summed E-state index contributed by atoms with van der Waals surface area (Å²) in [6.45, 7) is 6.76. The van der Waals surface area contributed by atoms with Crippen molar-refractivity contribution < 1.29 is 9.59 Å². The van der Waals surface area contributed by atoms with Crippen LogP contribution in [0.3, 0.4) is 0 Å². The average molecular weight is 501 g/mol. The highest BCUT2D eigenvalue weighted by molar-refractivity contribution is 7.17. The maximum absolute atomic E-state index is 13.4. The molecule has 3 aromatic rings. The molecule has 2 aromatic carbocycles. The Labute approximate surface area is 208 Å². The molecule has 1 atom stereocenters. The lowest BCUT2D eigenvalue weighted by atomic mass is 9.72. The number of amides is 2. The number of halogens is 2. The van der Waals surface area contributed by atoms with Crippen molar-refractivity contribution in [2.45, 2.75) is 40.0 Å². The first-order chi connectivity index (χ1) is 15.6. The fourth-order valence-corrected chi connectivity index (χ4v) is 5.81. The topological polar surface area (TPSA) is 58.2 Å². The Morgan fingerprint density at radius 1 is 0.970 bits per heavy atom. The molecular weight excluding hydrogens is 475 g/mol. The van der Waals surface area contributed by atoms with Gasteiger partial charge in [-0.25, -0.2) is 0 Å². The molecule has 1 unspecified atom stereocenters. The first kappa shape index (κ1) is 23.8. The molecule has 0 spiro atoms. The number of para-hydroxylation sites is 1. The lowest BCUT2D eigenvalue weighted by Gasteiger charge is -2.33. The van der Waals surface area contributed by atoms with Gasteiger partial charge < -0.3 is 10.6 Å². The summed E-state index contributed by atoms with van der Waals surface area (Å²) >= 11 is 13.7. The molecule has 1 aliphatic rings. The number of benzene rings is 2. The van der Waals surface area contributed by atoms with E-state index < -0.39 is 0 Å². The van der Waals surface area contributed by atoms with Crippen LogP contribution in [0.25, 0.3) is 0 Å². The van der Waals surface area contributed by atoms with Gasteiger partial charge in [-0.1, -0.05) is 56.1 Å². The maximum Gasteiger partial charge on any atom is 0.258 e. The third-order valence-corrected chi connectivity index (χ3v) is 7.92. The summed E-state index contributed by atoms with van der Waals surface area (Å²) in [5.41, 5.74) is 2.76. The Kier molecular flexibility index (Phi) is 6.85. The molecule has 0 aliphatic heterocycles. The number of carbonyl (C=O) groups excluding carboxylic acids is 2. The van der Waals surface area contributed by atoms with E-state index in [-0.39, 0.29) is 17.2 Å². The number of fused-ring (bicyclic) bond motifs is 1. The summed E-state index contributed by atoms with van der Waals surface area (Å²) in [7, 11) is 0. The van der Waals surface area contributed by atoms with Crippen molar-refractivity contribution in [3.05, 3.63) is 80.1 Å². The van der Waals surface area contributed by atoms with Crippen molar-refractivity contribution in [3.63, 3.8) is 0 Å². The summed E-state index contributed by atoms with van der Waals surface area (Å²) in [4.78, 5) is 27.5. The van der Waals surface area contributed by atoms with Crippen LogP contribution in [-0.4, -0.2) is 11.8 Å². The minimum Gasteiger partial charge on any atom is -0.321 e. The number of nitrogens with one attached hydrogen (secondary N) is 2. The quantitative estimate of drug-likeness (QED) is 0.385. The minimum atomic E-state index is -0.274. The zero-order chi connectivity index (χ0) is 23.8. The van der Waals surface area contributed by atoms with Crippen molar-refractivity contribution in [2.24, 2.45) is 11.3 Å². The van der Waals surface area contributed by atoms with Gasteiger partial charge in [0, 0.05) is 15.5 Å². The molecule has 0 saturated heterocycles. The van der Waals surface area contributed by atoms with Crippen LogP contribution < -0.4 is 10.6 Å². The van der Waals surface area contributed by atoms with Crippen LogP contribution in [0.2, 0.25) is 10.0 Å². The van der Waals surface area contributed by atoms with Crippen LogP contribution in [-0.2, 0) is 12.8 Å². The van der Waals surface area contributed by atoms with E-state index in [4.69, 9.17) is 23.2 Å². The van der Waals surface area contributed by atoms with E-state index >= 15 is 0 Å². The molecule has 0 saturated carbocycles. The van der Waals surface area contributed by atoms with Gasteiger partial charge in [0.2, 0.25) is 0 Å². The Morgan fingerprint density at radius 2 is 1.67 bits per heavy atom. The zero-order valence-corrected chi connectivity index (χ0v) is 21.1. The molecule has 0 fully saturated rings. The Balaban J connectivity index is 1.69. The number of carbonyl (C=O) groups is 2. The summed E-state index contributed by atoms with van der Waals surface area (Å²) in [5, 5.41) is 7.51. The van der Waals surface area contributed by atoms with Gasteiger partial charge >= 0.3 is 0 Å². The van der Waals surface area contributed by atoms with E-state index in [0.29, 0.717) is 37.8 Å². The number of thiophene rings is 1. The highest BCUT2D eigenvalue weighted by atomic mass is 35.5. The van der Waals surface area contributed by atoms with Crippen molar-refractivity contribution in [2.75, 3.05) is 10.6 Å². The van der Waals surface area contributed by atoms with E-state index in [1.54, 1.807) is 36.4 Å². The Morgan fingerprint density at radius 3 is 2.33 bits per heavy atom. The standard InChI is InChI=1S/C26H26Cl2N2O2S/c1-26(2,3)16-10-13-18-21(14-16)33-25(30-23(31)15-8-11-17(27)12-9-15)22(18)24(32)29-20-7-5-4-6-19(20)28/h4-9,11-12,16H,10,13-14H2,1-3H3,(H,29,32)(H,30,31). The van der Waals surface area contributed by atoms with Crippen LogP contribution in [0.4, 0.5) is 10.7 Å². The molecule has 4 rings (SSSR count). The van der Waals surface area contributed by atoms with Gasteiger partial charge in [-0.05, 0) is 72.6 Å². The van der Waals surface area contributed by atoms with Gasteiger partial charge in [-0.3, -0.25) is 9.59 Å². The first-order valence-corrected chi connectivity index (χ1v) is 12.5. The number of anilines is 2. The van der Waals surface area contributed by atoms with Gasteiger partial charge in [0.1, 0.15) is 5.00 Å². The number of hydrogen-bond acceptors (Lipinski definition) is 3. The van der Waals surface area contributed by atoms with Crippen LogP contribution in [0.5, 0.6) is 0 Å². The van der Waals surface area contributed by atoms with E-state index in [1.807, 2.05) is 12.1 Å². The smallest absolute Gasteiger partial charge is 0.258 e. The monoisotopic (exact) mass is 500 g/mol. The molecule has 7 heteroatoms. The van der Waals surface area contributed by atoms with Gasteiger partial charge in [0.25, 0.3) is 11.8 Å². The van der Waals surface area contributed by atoms with Crippen molar-refractivity contribution in [3.8, 4) is 0 Å². The van der Waals surface area contributed by atoms with E-state index in [0.717, 1.165) is 29.7 Å². The predicted octanol–water partition coefficient (Wildman–Crippen LogP) is 7.71. The van der Waals surface area contributed by atoms with E-state index in [1.165, 1.54) is 11.3 Å². The molecule has 1 aromatic heterocycles. The zero-order valence-electron chi connectivity index (χ0n) is 18.8. The van der Waals surface area contributed by atoms with Gasteiger partial charge in [0.15, 0.2) is 0 Å². The number of rotatable bonds is 4. The molecule has 33 heavy (non-hydrogen) atoms. The van der Waals surface area contributed by atoms with Crippen LogP contribution in [0, 0.1) is 11.3 Å². The Bertz CT molecular complexity index is 1200. The molecule has 1 aliphatic carbocycles. The Hall–Kier alpha value is -2.34. The van der Waals surface area contributed by atoms with Gasteiger partial charge in [-0.2, -0.15) is 0 Å². The van der Waals surface area contributed by atoms with Gasteiger partial charge in [0.05, 0.1) is 16.3 Å². The van der Waals surface area contributed by atoms with Crippen LogP contribution in [0.15, 0.2) is 48.5 Å². The molecule has 2 amide bonds. The fraction of sp³-hybridized carbons (Fsp3) is 0.308. The summed E-state index contributed by atoms with van der Waals surface area (Å²) in [6.07, 6.45) is 2.70. The third kappa shape index (κ3) is 5.26. The number of hydrogen-bond donors (Lipinski definition) is 2. The molecule has 0 radical (unpaired) electrons. The summed E-state index contributed by atoms with van der Waals surface area (Å²) < 4.78 is 0. The SMILES string of the molecule is CC(C)(C)C1CCc2c(sc(NC(=O)c3ccc(Cl)cc3)c2C(=O)Nc2ccccc2Cl)C1. The van der Waals surface area contributed by atoms with Crippen LogP contribution in [0.1, 0.15) is 58.3 Å². The normalized spacial score (nSPS) is 15.6. The molecular formula is C26H26Cl2N2O2S. The van der Waals surface area contributed by atoms with Crippen molar-refractivity contribution >= 4 is 57.0 Å². The fourth-order valence-electron chi connectivity index (χ4n) is 4.18. The predicted molar refractivity (Wildman–Crippen MR) is 138 cm³/mol. The third-order valence-electron chi connectivity index (χ3n) is 6.17. The molecule has 2 N–H and O–H groups in total. The van der Waals surface area contributed by atoms with Gasteiger partial charge in [-0.15, -0.1) is 11.3 Å². The molecule has 1 heterocycles. The van der Waals surface area contributed by atoms with Crippen molar-refractivity contribution in [1.82, 2.24) is 0 Å². The highest BCUT2D eigenvalue weighted by Gasteiger charge is 2.34. The molecule has 172 valence electrons. The second-order valence-electron chi connectivity index (χ2n) is 9.41.